The Morgan fingerprint density at radius 1 is 0.810 bits per heavy atom. The molecule has 2 aromatic carbocycles. The van der Waals surface area contributed by atoms with Crippen molar-refractivity contribution in [2.24, 2.45) is 0 Å². The fourth-order valence-electron chi connectivity index (χ4n) is 2.77. The van der Waals surface area contributed by atoms with Gasteiger partial charge in [0.05, 0.1) is 5.38 Å². The van der Waals surface area contributed by atoms with E-state index in [1.807, 2.05) is 27.7 Å². The topological polar surface area (TPSA) is 0 Å². The summed E-state index contributed by atoms with van der Waals surface area (Å²) in [5.74, 6) is -1.20. The van der Waals surface area contributed by atoms with Gasteiger partial charge in [0.25, 0.3) is 0 Å². The Hall–Kier alpha value is -1.41. The zero-order chi connectivity index (χ0) is 15.9. The second-order valence-corrected chi connectivity index (χ2v) is 6.00. The molecule has 0 spiro atoms. The highest BCUT2D eigenvalue weighted by atomic mass is 35.5. The molecular weight excluding hydrogens is 290 g/mol. The average Bonchev–Trinajstić information content (AvgIpc) is 2.43. The fraction of sp³-hybridized carbons (Fsp3) is 0.333. The van der Waals surface area contributed by atoms with Crippen LogP contribution in [-0.4, -0.2) is 0 Å². The Labute approximate surface area is 129 Å². The first-order chi connectivity index (χ1) is 9.75. The van der Waals surface area contributed by atoms with E-state index in [1.54, 1.807) is 0 Å². The van der Waals surface area contributed by atoms with Gasteiger partial charge in [0, 0.05) is 11.6 Å². The Morgan fingerprint density at radius 2 is 1.29 bits per heavy atom. The van der Waals surface area contributed by atoms with E-state index in [0.717, 1.165) is 22.8 Å². The molecule has 0 aliphatic heterocycles. The van der Waals surface area contributed by atoms with Crippen LogP contribution in [0.4, 0.5) is 8.78 Å². The van der Waals surface area contributed by atoms with Crippen LogP contribution in [0.3, 0.4) is 0 Å². The first kappa shape index (κ1) is 16.0. The van der Waals surface area contributed by atoms with Crippen LogP contribution >= 0.6 is 11.6 Å². The summed E-state index contributed by atoms with van der Waals surface area (Å²) in [6.45, 7) is 10.2. The fourth-order valence-corrected chi connectivity index (χ4v) is 3.28. The second kappa shape index (κ2) is 5.76. The molecule has 2 rings (SSSR count). The average molecular weight is 309 g/mol. The van der Waals surface area contributed by atoms with Gasteiger partial charge in [-0.1, -0.05) is 6.07 Å². The minimum atomic E-state index is -0.622. The first-order valence-corrected chi connectivity index (χ1v) is 7.35. The molecule has 0 aromatic heterocycles. The predicted octanol–water partition coefficient (Wildman–Crippen LogP) is 5.84. The smallest absolute Gasteiger partial charge is 0.131 e. The zero-order valence-electron chi connectivity index (χ0n) is 12.9. The minimum Gasteiger partial charge on any atom is -0.207 e. The van der Waals surface area contributed by atoms with Crippen LogP contribution in [0.2, 0.25) is 0 Å². The minimum absolute atomic E-state index is 0.312. The van der Waals surface area contributed by atoms with Gasteiger partial charge in [0.2, 0.25) is 0 Å². The van der Waals surface area contributed by atoms with E-state index in [1.165, 1.54) is 28.8 Å². The van der Waals surface area contributed by atoms with Crippen molar-refractivity contribution in [1.82, 2.24) is 0 Å². The molecule has 0 saturated carbocycles. The normalized spacial score (nSPS) is 12.6. The lowest BCUT2D eigenvalue weighted by Gasteiger charge is -2.22. The number of rotatable bonds is 2. The summed E-state index contributed by atoms with van der Waals surface area (Å²) in [6.07, 6.45) is 0. The third-order valence-corrected chi connectivity index (χ3v) is 5.00. The Morgan fingerprint density at radius 3 is 1.76 bits per heavy atom. The van der Waals surface area contributed by atoms with Crippen molar-refractivity contribution in [3.05, 3.63) is 68.8 Å². The van der Waals surface area contributed by atoms with E-state index < -0.39 is 17.0 Å². The summed E-state index contributed by atoms with van der Waals surface area (Å²) in [5.41, 5.74) is 6.94. The van der Waals surface area contributed by atoms with Crippen molar-refractivity contribution in [3.63, 3.8) is 0 Å². The predicted molar refractivity (Wildman–Crippen MR) is 84.2 cm³/mol. The van der Waals surface area contributed by atoms with E-state index in [0.29, 0.717) is 5.56 Å². The maximum atomic E-state index is 14.0. The lowest BCUT2D eigenvalue weighted by atomic mass is 9.86. The first-order valence-electron chi connectivity index (χ1n) is 6.91. The van der Waals surface area contributed by atoms with Gasteiger partial charge < -0.3 is 0 Å². The van der Waals surface area contributed by atoms with Gasteiger partial charge in [-0.25, -0.2) is 8.78 Å². The van der Waals surface area contributed by atoms with Gasteiger partial charge in [0.15, 0.2) is 0 Å². The number of hydrogen-bond donors (Lipinski definition) is 0. The van der Waals surface area contributed by atoms with Crippen molar-refractivity contribution in [2.75, 3.05) is 0 Å². The number of halogens is 3. The Kier molecular flexibility index (Phi) is 4.38. The molecule has 0 saturated heterocycles. The highest BCUT2D eigenvalue weighted by Gasteiger charge is 2.22. The van der Waals surface area contributed by atoms with E-state index in [-0.39, 0.29) is 0 Å². The van der Waals surface area contributed by atoms with Crippen LogP contribution in [0.15, 0.2) is 18.2 Å². The van der Waals surface area contributed by atoms with Crippen LogP contribution in [0, 0.1) is 46.3 Å². The van der Waals surface area contributed by atoms with Gasteiger partial charge >= 0.3 is 0 Å². The Balaban J connectivity index is 2.66. The molecule has 1 unspecified atom stereocenters. The summed E-state index contributed by atoms with van der Waals surface area (Å²) in [5, 5.41) is -0.622. The molecule has 0 N–H and O–H groups in total. The molecule has 112 valence electrons. The molecule has 3 heteroatoms. The standard InChI is InChI=1S/C18H19ClF2/c1-9-10(2)12(4)17(13(5)11(9)3)18(19)15-7-6-14(20)8-16(15)21/h6-8,18H,1-5H3. The van der Waals surface area contributed by atoms with Crippen molar-refractivity contribution >= 4 is 11.6 Å². The highest BCUT2D eigenvalue weighted by molar-refractivity contribution is 6.22. The van der Waals surface area contributed by atoms with E-state index in [9.17, 15) is 8.78 Å². The quantitative estimate of drug-likeness (QED) is 0.612. The van der Waals surface area contributed by atoms with Gasteiger partial charge in [-0.3, -0.25) is 0 Å². The van der Waals surface area contributed by atoms with E-state index in [2.05, 4.69) is 6.92 Å². The lowest BCUT2D eigenvalue weighted by molar-refractivity contribution is 0.573. The van der Waals surface area contributed by atoms with E-state index in [4.69, 9.17) is 11.6 Å². The van der Waals surface area contributed by atoms with Crippen LogP contribution in [0.25, 0.3) is 0 Å². The van der Waals surface area contributed by atoms with Crippen molar-refractivity contribution < 1.29 is 8.78 Å². The van der Waals surface area contributed by atoms with Crippen molar-refractivity contribution in [1.29, 1.82) is 0 Å². The summed E-state index contributed by atoms with van der Waals surface area (Å²) in [7, 11) is 0. The van der Waals surface area contributed by atoms with Crippen LogP contribution in [0.1, 0.15) is 44.3 Å². The molecule has 0 aliphatic rings. The molecule has 0 bridgehead atoms. The van der Waals surface area contributed by atoms with Gasteiger partial charge in [-0.05, 0) is 74.1 Å². The maximum Gasteiger partial charge on any atom is 0.131 e. The second-order valence-electron chi connectivity index (χ2n) is 5.57. The van der Waals surface area contributed by atoms with Gasteiger partial charge in [-0.15, -0.1) is 11.6 Å². The Bertz CT molecular complexity index is 676. The van der Waals surface area contributed by atoms with Gasteiger partial charge in [-0.2, -0.15) is 0 Å². The summed E-state index contributed by atoms with van der Waals surface area (Å²) >= 11 is 6.53. The lowest BCUT2D eigenvalue weighted by Crippen LogP contribution is -2.07. The van der Waals surface area contributed by atoms with Crippen molar-refractivity contribution in [3.8, 4) is 0 Å². The highest BCUT2D eigenvalue weighted by Crippen LogP contribution is 2.38. The molecule has 1 atom stereocenters. The molecule has 2 aromatic rings. The zero-order valence-corrected chi connectivity index (χ0v) is 13.7. The number of alkyl halides is 1. The van der Waals surface area contributed by atoms with Crippen molar-refractivity contribution in [2.45, 2.75) is 40.0 Å². The van der Waals surface area contributed by atoms with Crippen LogP contribution < -0.4 is 0 Å². The number of hydrogen-bond acceptors (Lipinski definition) is 0. The summed E-state index contributed by atoms with van der Waals surface area (Å²) < 4.78 is 27.1. The molecular formula is C18H19ClF2. The molecule has 0 heterocycles. The van der Waals surface area contributed by atoms with Crippen LogP contribution in [0.5, 0.6) is 0 Å². The van der Waals surface area contributed by atoms with Crippen LogP contribution in [-0.2, 0) is 0 Å². The SMILES string of the molecule is Cc1c(C)c(C)c(C(Cl)c2ccc(F)cc2F)c(C)c1C. The largest absolute Gasteiger partial charge is 0.207 e. The molecule has 0 amide bonds. The molecule has 0 radical (unpaired) electrons. The number of benzene rings is 2. The maximum absolute atomic E-state index is 14.0. The summed E-state index contributed by atoms with van der Waals surface area (Å²) in [4.78, 5) is 0. The molecule has 0 fully saturated rings. The molecule has 21 heavy (non-hydrogen) atoms. The molecule has 0 nitrogen and oxygen atoms in total. The third kappa shape index (κ3) is 2.69. The monoisotopic (exact) mass is 308 g/mol. The van der Waals surface area contributed by atoms with Gasteiger partial charge in [0.1, 0.15) is 11.6 Å². The molecule has 0 aliphatic carbocycles. The summed E-state index contributed by atoms with van der Waals surface area (Å²) in [6, 6.07) is 3.54. The third-order valence-electron chi connectivity index (χ3n) is 4.55. The van der Waals surface area contributed by atoms with E-state index >= 15 is 0 Å².